The Morgan fingerprint density at radius 1 is 0.955 bits per heavy atom. The second-order valence-electron chi connectivity index (χ2n) is 5.08. The number of halogens is 2. The summed E-state index contributed by atoms with van der Waals surface area (Å²) in [5, 5.41) is 0.669. The van der Waals surface area contributed by atoms with Crippen molar-refractivity contribution < 1.29 is 4.79 Å². The monoisotopic (exact) mass is 418 g/mol. The maximum Gasteiger partial charge on any atom is 0.272 e. The first-order valence-corrected chi connectivity index (χ1v) is 8.07. The lowest BCUT2D eigenvalue weighted by Gasteiger charge is -2.22. The number of H-pyrrole nitrogens is 1. The summed E-state index contributed by atoms with van der Waals surface area (Å²) in [4.78, 5) is 27.8. The van der Waals surface area contributed by atoms with Gasteiger partial charge in [-0.2, -0.15) is 0 Å². The molecule has 0 spiro atoms. The van der Waals surface area contributed by atoms with E-state index in [0.29, 0.717) is 42.1 Å². The fourth-order valence-electron chi connectivity index (χ4n) is 2.96. The third-order valence-electron chi connectivity index (χ3n) is 3.90. The van der Waals surface area contributed by atoms with Crippen LogP contribution in [0.15, 0.2) is 44.1 Å². The number of carbonyl (C=O) groups is 1. The summed E-state index contributed by atoms with van der Waals surface area (Å²) in [5.74, 6) is -0.0843. The zero-order valence-electron chi connectivity index (χ0n) is 11.0. The minimum atomic E-state index is -0.361. The van der Waals surface area contributed by atoms with E-state index in [2.05, 4.69) is 36.8 Å². The van der Waals surface area contributed by atoms with Gasteiger partial charge in [0.2, 0.25) is 0 Å². The van der Waals surface area contributed by atoms with Gasteiger partial charge in [-0.05, 0) is 43.5 Å². The lowest BCUT2D eigenvalue weighted by atomic mass is 9.83. The topological polar surface area (TPSA) is 76.0 Å². The molecule has 4 rings (SSSR count). The molecule has 0 radical (unpaired) electrons. The Bertz CT molecular complexity index is 1050. The van der Waals surface area contributed by atoms with Crippen LogP contribution in [0.2, 0.25) is 0 Å². The Morgan fingerprint density at radius 3 is 2.36 bits per heavy atom. The third kappa shape index (κ3) is 1.62. The van der Waals surface area contributed by atoms with Gasteiger partial charge in [-0.1, -0.05) is 24.3 Å². The van der Waals surface area contributed by atoms with Crippen LogP contribution in [0, 0.1) is 0 Å². The predicted molar refractivity (Wildman–Crippen MR) is 93.2 cm³/mol. The number of nitrogens with two attached hydrogens (primary N) is 1. The van der Waals surface area contributed by atoms with Crippen molar-refractivity contribution in [1.82, 2.24) is 4.98 Å². The Kier molecular flexibility index (Phi) is 2.83. The number of nitrogens with one attached hydrogen (secondary N) is 1. The van der Waals surface area contributed by atoms with Gasteiger partial charge in [-0.15, -0.1) is 0 Å². The molecule has 0 bridgehead atoms. The van der Waals surface area contributed by atoms with E-state index in [0.717, 1.165) is 0 Å². The molecule has 3 N–H and O–H groups in total. The van der Waals surface area contributed by atoms with E-state index < -0.39 is 0 Å². The fraction of sp³-hybridized carbons (Fsp3) is 0. The van der Waals surface area contributed by atoms with Crippen molar-refractivity contribution in [3.63, 3.8) is 0 Å². The second kappa shape index (κ2) is 4.54. The van der Waals surface area contributed by atoms with Crippen LogP contribution in [0.5, 0.6) is 0 Å². The lowest BCUT2D eigenvalue weighted by molar-refractivity contribution is 0.103. The van der Waals surface area contributed by atoms with Gasteiger partial charge in [0.25, 0.3) is 5.56 Å². The van der Waals surface area contributed by atoms with Crippen LogP contribution >= 0.6 is 31.9 Å². The lowest BCUT2D eigenvalue weighted by Crippen LogP contribution is -2.19. The second-order valence-corrected chi connectivity index (χ2v) is 6.79. The number of aromatic amines is 1. The summed E-state index contributed by atoms with van der Waals surface area (Å²) < 4.78 is 1.36. The quantitative estimate of drug-likeness (QED) is 0.454. The highest BCUT2D eigenvalue weighted by Crippen LogP contribution is 2.45. The van der Waals surface area contributed by atoms with Crippen molar-refractivity contribution in [3.8, 4) is 11.1 Å². The first-order chi connectivity index (χ1) is 10.5. The van der Waals surface area contributed by atoms with Crippen LogP contribution in [0.25, 0.3) is 22.0 Å². The van der Waals surface area contributed by atoms with Crippen molar-refractivity contribution in [2.24, 2.45) is 0 Å². The summed E-state index contributed by atoms with van der Waals surface area (Å²) in [6, 6.07) is 8.96. The minimum absolute atomic E-state index is 0.0843. The normalized spacial score (nSPS) is 12.5. The van der Waals surface area contributed by atoms with Crippen molar-refractivity contribution in [1.29, 1.82) is 0 Å². The van der Waals surface area contributed by atoms with E-state index in [1.165, 1.54) is 0 Å². The molecule has 1 aromatic heterocycles. The number of aromatic nitrogens is 1. The van der Waals surface area contributed by atoms with E-state index in [9.17, 15) is 9.59 Å². The van der Waals surface area contributed by atoms with Crippen molar-refractivity contribution in [2.45, 2.75) is 0 Å². The number of anilines is 1. The summed E-state index contributed by atoms with van der Waals surface area (Å²) >= 11 is 6.88. The average Bonchev–Trinajstić information content (AvgIpc) is 2.49. The molecule has 4 nitrogen and oxygen atoms in total. The summed E-state index contributed by atoms with van der Waals surface area (Å²) in [7, 11) is 0. The van der Waals surface area contributed by atoms with E-state index in [-0.39, 0.29) is 17.0 Å². The van der Waals surface area contributed by atoms with Crippen molar-refractivity contribution >= 4 is 54.2 Å². The van der Waals surface area contributed by atoms with E-state index in [4.69, 9.17) is 5.73 Å². The van der Waals surface area contributed by atoms with Gasteiger partial charge in [-0.25, -0.2) is 0 Å². The summed E-state index contributed by atoms with van der Waals surface area (Å²) in [5.41, 5.74) is 8.76. The molecule has 3 aromatic rings. The Hall–Kier alpha value is -1.92. The molecule has 0 unspecified atom stereocenters. The molecule has 0 saturated carbocycles. The maximum absolute atomic E-state index is 12.8. The smallest absolute Gasteiger partial charge is 0.272 e. The number of nitrogen functional groups attached to an aromatic ring is 1. The number of hydrogen-bond acceptors (Lipinski definition) is 3. The molecule has 22 heavy (non-hydrogen) atoms. The summed E-state index contributed by atoms with van der Waals surface area (Å²) in [6.07, 6.45) is 0. The largest absolute Gasteiger partial charge is 0.394 e. The minimum Gasteiger partial charge on any atom is -0.394 e. The van der Waals surface area contributed by atoms with Crippen molar-refractivity contribution in [3.05, 3.63) is 60.8 Å². The molecule has 6 heteroatoms. The molecule has 0 fully saturated rings. The molecule has 2 aromatic carbocycles. The van der Waals surface area contributed by atoms with Crippen LogP contribution in [-0.2, 0) is 0 Å². The third-order valence-corrected chi connectivity index (χ3v) is 5.15. The summed E-state index contributed by atoms with van der Waals surface area (Å²) in [6.45, 7) is 0. The molecule has 0 amide bonds. The van der Waals surface area contributed by atoms with E-state index in [1.54, 1.807) is 18.2 Å². The molecule has 0 saturated heterocycles. The van der Waals surface area contributed by atoms with Gasteiger partial charge >= 0.3 is 0 Å². The van der Waals surface area contributed by atoms with E-state index in [1.807, 2.05) is 12.1 Å². The molecule has 1 heterocycles. The maximum atomic E-state index is 12.8. The van der Waals surface area contributed by atoms with Crippen LogP contribution in [0.3, 0.4) is 0 Å². The molecule has 108 valence electrons. The molecule has 1 aliphatic carbocycles. The van der Waals surface area contributed by atoms with Gasteiger partial charge in [0.15, 0.2) is 5.78 Å². The number of benzene rings is 2. The van der Waals surface area contributed by atoms with Crippen LogP contribution in [0.1, 0.15) is 15.9 Å². The molecular weight excluding hydrogens is 412 g/mol. The van der Waals surface area contributed by atoms with Gasteiger partial charge in [0.05, 0.1) is 5.52 Å². The highest BCUT2D eigenvalue weighted by molar-refractivity contribution is 9.11. The standard InChI is InChI=1S/C16H8Br2N2O2/c17-8-5-9(18)14-12-10(13(19)16(22)20-14)6-3-1-2-4-7(6)15(21)11(8)12/h1-5H,19H2,(H,20,22). The number of ketones is 1. The van der Waals surface area contributed by atoms with Gasteiger partial charge in [0, 0.05) is 31.0 Å². The number of carbonyl (C=O) groups excluding carboxylic acids is 1. The van der Waals surface area contributed by atoms with Crippen molar-refractivity contribution in [2.75, 3.05) is 5.73 Å². The highest BCUT2D eigenvalue weighted by Gasteiger charge is 2.30. The number of rotatable bonds is 0. The Balaban J connectivity index is 2.39. The number of fused-ring (bicyclic) bond motifs is 2. The van der Waals surface area contributed by atoms with Crippen LogP contribution in [0.4, 0.5) is 5.69 Å². The van der Waals surface area contributed by atoms with Crippen LogP contribution in [-0.4, -0.2) is 10.8 Å². The number of pyridine rings is 1. The first-order valence-electron chi connectivity index (χ1n) is 6.48. The fourth-order valence-corrected chi connectivity index (χ4v) is 4.40. The van der Waals surface area contributed by atoms with Gasteiger partial charge < -0.3 is 10.7 Å². The first kappa shape index (κ1) is 13.7. The SMILES string of the molecule is Nc1c2c3c(c(Br)cc(Br)c3[nH]c1=O)C(=O)c1ccccc1-2. The highest BCUT2D eigenvalue weighted by atomic mass is 79.9. The molecular formula is C16H8Br2N2O2. The van der Waals surface area contributed by atoms with E-state index >= 15 is 0 Å². The van der Waals surface area contributed by atoms with Crippen LogP contribution < -0.4 is 11.3 Å². The van der Waals surface area contributed by atoms with Gasteiger partial charge in [0.1, 0.15) is 5.69 Å². The zero-order valence-corrected chi connectivity index (χ0v) is 14.2. The zero-order chi connectivity index (χ0) is 15.6. The Labute approximate surface area is 141 Å². The van der Waals surface area contributed by atoms with Gasteiger partial charge in [-0.3, -0.25) is 9.59 Å². The predicted octanol–water partition coefficient (Wildman–Crippen LogP) is 3.85. The Morgan fingerprint density at radius 2 is 1.64 bits per heavy atom. The molecule has 0 aliphatic heterocycles. The molecule has 0 atom stereocenters. The number of hydrogen-bond donors (Lipinski definition) is 2. The molecule has 1 aliphatic rings. The average molecular weight is 420 g/mol.